The molecule has 0 spiro atoms. The first-order chi connectivity index (χ1) is 7.65. The predicted molar refractivity (Wildman–Crippen MR) is 66.5 cm³/mol. The Bertz CT molecular complexity index is 300. The van der Waals surface area contributed by atoms with Crippen molar-refractivity contribution < 1.29 is 22.5 Å². The zero-order chi connectivity index (χ0) is 14.1. The van der Waals surface area contributed by atoms with Crippen molar-refractivity contribution in [2.24, 2.45) is 0 Å². The van der Waals surface area contributed by atoms with E-state index in [-0.39, 0.29) is 17.8 Å². The van der Waals surface area contributed by atoms with Crippen LogP contribution >= 0.6 is 0 Å². The maximum Gasteiger partial charge on any atom is 0.323 e. The van der Waals surface area contributed by atoms with Crippen LogP contribution in [0.4, 0.5) is 0 Å². The first kappa shape index (κ1) is 18.7. The molecule has 0 rings (SSSR count). The van der Waals surface area contributed by atoms with E-state index in [1.807, 2.05) is 32.8 Å². The van der Waals surface area contributed by atoms with Gasteiger partial charge in [0, 0.05) is 0 Å². The van der Waals surface area contributed by atoms with Crippen LogP contribution in [0.2, 0.25) is 0 Å². The molecule has 104 valence electrons. The molecule has 1 unspecified atom stereocenters. The number of esters is 1. The maximum atomic E-state index is 11.1. The number of carbonyl (C=O) groups is 1. The summed E-state index contributed by atoms with van der Waals surface area (Å²) < 4.78 is 31.8. The molecule has 17 heavy (non-hydrogen) atoms. The molecule has 0 aromatic rings. The molecule has 0 aliphatic heterocycles. The number of hydrogen-bond donors (Lipinski definition) is 1. The second-order valence-electron chi connectivity index (χ2n) is 3.68. The zero-order valence-corrected chi connectivity index (χ0v) is 12.0. The van der Waals surface area contributed by atoms with Crippen LogP contribution in [-0.2, 0) is 19.6 Å². The molecule has 0 amide bonds. The third-order valence-corrected chi connectivity index (χ3v) is 2.66. The Kier molecular flexibility index (Phi) is 10.3. The van der Waals surface area contributed by atoms with Crippen molar-refractivity contribution in [1.82, 2.24) is 4.90 Å². The summed E-state index contributed by atoms with van der Waals surface area (Å²) in [6.45, 7) is 5.71. The molecule has 0 saturated carbocycles. The van der Waals surface area contributed by atoms with Crippen molar-refractivity contribution in [1.29, 1.82) is 0 Å². The Hall–Kier alpha value is -0.660. The predicted octanol–water partition coefficient (Wildman–Crippen LogP) is 0.784. The normalized spacial score (nSPS) is 12.6. The first-order valence-electron chi connectivity index (χ1n) is 5.43. The third-order valence-electron chi connectivity index (χ3n) is 1.93. The van der Waals surface area contributed by atoms with Crippen LogP contribution in [0.3, 0.4) is 0 Å². The van der Waals surface area contributed by atoms with E-state index in [2.05, 4.69) is 0 Å². The lowest BCUT2D eigenvalue weighted by atomic mass is 10.3. The van der Waals surface area contributed by atoms with Gasteiger partial charge in [0.15, 0.2) is 0 Å². The summed E-state index contributed by atoms with van der Waals surface area (Å²) in [5, 5.41) is 0. The lowest BCUT2D eigenvalue weighted by Gasteiger charge is -2.17. The van der Waals surface area contributed by atoms with Gasteiger partial charge >= 0.3 is 5.97 Å². The summed E-state index contributed by atoms with van der Waals surface area (Å²) in [4.78, 5) is 12.9. The Morgan fingerprint density at radius 2 is 1.76 bits per heavy atom. The molecular formula is C10H23NO5S. The molecule has 6 nitrogen and oxygen atoms in total. The molecule has 0 radical (unpaired) electrons. The van der Waals surface area contributed by atoms with Crippen molar-refractivity contribution in [2.75, 3.05) is 26.5 Å². The number of ether oxygens (including phenoxy) is 1. The van der Waals surface area contributed by atoms with Crippen LogP contribution in [0.1, 0.15) is 27.2 Å². The molecule has 0 aromatic heterocycles. The summed E-state index contributed by atoms with van der Waals surface area (Å²) in [5.74, 6) is -0.343. The molecule has 0 heterocycles. The Morgan fingerprint density at radius 1 is 1.35 bits per heavy atom. The number of hydrogen-bond acceptors (Lipinski definition) is 5. The highest BCUT2D eigenvalue weighted by atomic mass is 32.2. The van der Waals surface area contributed by atoms with Gasteiger partial charge < -0.3 is 4.74 Å². The minimum atomic E-state index is -3.66. The van der Waals surface area contributed by atoms with E-state index >= 15 is 0 Å². The summed E-state index contributed by atoms with van der Waals surface area (Å²) in [6, 6.07) is -0.137. The summed E-state index contributed by atoms with van der Waals surface area (Å²) in [6.07, 6.45) is 0.881. The van der Waals surface area contributed by atoms with Gasteiger partial charge in [0.2, 0.25) is 0 Å². The molecule has 0 saturated heterocycles. The van der Waals surface area contributed by atoms with Gasteiger partial charge in [-0.25, -0.2) is 0 Å². The van der Waals surface area contributed by atoms with Gasteiger partial charge in [-0.05, 0) is 34.4 Å². The van der Waals surface area contributed by atoms with Crippen LogP contribution in [0.25, 0.3) is 0 Å². The average molecular weight is 269 g/mol. The van der Waals surface area contributed by atoms with Crippen LogP contribution in [0, 0.1) is 0 Å². The van der Waals surface area contributed by atoms with Crippen LogP contribution in [0.5, 0.6) is 0 Å². The van der Waals surface area contributed by atoms with Crippen LogP contribution in [-0.4, -0.2) is 56.3 Å². The topological polar surface area (TPSA) is 83.9 Å². The highest BCUT2D eigenvalue weighted by Gasteiger charge is 2.15. The van der Waals surface area contributed by atoms with Crippen molar-refractivity contribution in [3.05, 3.63) is 0 Å². The van der Waals surface area contributed by atoms with E-state index in [0.29, 0.717) is 6.61 Å². The summed E-state index contributed by atoms with van der Waals surface area (Å²) in [5.41, 5.74) is 0. The fraction of sp³-hybridized carbons (Fsp3) is 0.900. The second-order valence-corrected chi connectivity index (χ2v) is 5.42. The molecular weight excluding hydrogens is 246 g/mol. The number of carbonyl (C=O) groups excluding carboxylic acids is 1. The Morgan fingerprint density at radius 3 is 2.00 bits per heavy atom. The number of likely N-dealkylation sites (N-methyl/N-ethyl adjacent to an activating group) is 1. The van der Waals surface area contributed by atoms with E-state index in [4.69, 9.17) is 9.29 Å². The van der Waals surface area contributed by atoms with Crippen LogP contribution < -0.4 is 0 Å². The van der Waals surface area contributed by atoms with E-state index in [0.717, 1.165) is 6.42 Å². The van der Waals surface area contributed by atoms with E-state index in [9.17, 15) is 13.2 Å². The lowest BCUT2D eigenvalue weighted by molar-refractivity contribution is -0.148. The average Bonchev–Trinajstić information content (AvgIpc) is 2.24. The van der Waals surface area contributed by atoms with Crippen molar-refractivity contribution in [3.8, 4) is 0 Å². The fourth-order valence-corrected chi connectivity index (χ4v) is 0.534. The molecule has 1 atom stereocenters. The van der Waals surface area contributed by atoms with Gasteiger partial charge in [0.1, 0.15) is 6.04 Å². The SMILES string of the molecule is CCCOC(=O)C(C)N(C)C.CCS(=O)(=O)O. The third kappa shape index (κ3) is 13.3. The molecule has 0 fully saturated rings. The fourth-order valence-electron chi connectivity index (χ4n) is 0.534. The van der Waals surface area contributed by atoms with E-state index in [1.165, 1.54) is 6.92 Å². The first-order valence-corrected chi connectivity index (χ1v) is 7.04. The molecule has 0 bridgehead atoms. The quantitative estimate of drug-likeness (QED) is 0.586. The molecule has 1 N–H and O–H groups in total. The van der Waals surface area contributed by atoms with E-state index in [1.54, 1.807) is 0 Å². The monoisotopic (exact) mass is 269 g/mol. The highest BCUT2D eigenvalue weighted by molar-refractivity contribution is 7.85. The minimum Gasteiger partial charge on any atom is -0.465 e. The van der Waals surface area contributed by atoms with Crippen molar-refractivity contribution >= 4 is 16.1 Å². The second kappa shape index (κ2) is 9.38. The van der Waals surface area contributed by atoms with Gasteiger partial charge in [-0.2, -0.15) is 8.42 Å². The van der Waals surface area contributed by atoms with Crippen molar-refractivity contribution in [2.45, 2.75) is 33.2 Å². The van der Waals surface area contributed by atoms with Gasteiger partial charge in [-0.15, -0.1) is 0 Å². The minimum absolute atomic E-state index is 0.137. The largest absolute Gasteiger partial charge is 0.465 e. The summed E-state index contributed by atoms with van der Waals surface area (Å²) in [7, 11) is 0.0560. The van der Waals surface area contributed by atoms with E-state index < -0.39 is 10.1 Å². The van der Waals surface area contributed by atoms with Gasteiger partial charge in [0.05, 0.1) is 12.4 Å². The summed E-state index contributed by atoms with van der Waals surface area (Å²) >= 11 is 0. The lowest BCUT2D eigenvalue weighted by Crippen LogP contribution is -2.34. The number of nitrogens with zero attached hydrogens (tertiary/aromatic N) is 1. The Labute approximate surface area is 104 Å². The highest BCUT2D eigenvalue weighted by Crippen LogP contribution is 1.95. The van der Waals surface area contributed by atoms with Crippen LogP contribution in [0.15, 0.2) is 0 Å². The van der Waals surface area contributed by atoms with Gasteiger partial charge in [-0.1, -0.05) is 6.92 Å². The smallest absolute Gasteiger partial charge is 0.323 e. The molecule has 0 aliphatic rings. The molecule has 0 aromatic carbocycles. The van der Waals surface area contributed by atoms with Gasteiger partial charge in [0.25, 0.3) is 10.1 Å². The standard InChI is InChI=1S/C8H17NO2.C2H6O3S/c1-5-6-11-8(10)7(2)9(3)4;1-2-6(3,4)5/h7H,5-6H2,1-4H3;2H2,1H3,(H,3,4,5). The number of rotatable bonds is 5. The maximum absolute atomic E-state index is 11.1. The molecule has 0 aliphatic carbocycles. The zero-order valence-electron chi connectivity index (χ0n) is 11.1. The van der Waals surface area contributed by atoms with Gasteiger partial charge in [-0.3, -0.25) is 14.2 Å². The molecule has 7 heteroatoms. The Balaban J connectivity index is 0. The van der Waals surface area contributed by atoms with Crippen molar-refractivity contribution in [3.63, 3.8) is 0 Å².